The average molecular weight is 447 g/mol. The zero-order valence-electron chi connectivity index (χ0n) is 19.6. The van der Waals surface area contributed by atoms with Crippen molar-refractivity contribution in [3.05, 3.63) is 53.0 Å². The second-order valence-electron chi connectivity index (χ2n) is 9.77. The van der Waals surface area contributed by atoms with Crippen LogP contribution in [0.1, 0.15) is 80.1 Å². The Morgan fingerprint density at radius 2 is 1.82 bits per heavy atom. The molecule has 2 fully saturated rings. The lowest BCUT2D eigenvalue weighted by atomic mass is 10.0. The molecule has 6 heteroatoms. The molecule has 1 saturated carbocycles. The Morgan fingerprint density at radius 1 is 1.03 bits per heavy atom. The SMILES string of the molecule is Cc1nc([C@H]2CCCN2C(=O)C2CCCC2)nc2c1CCC(=O)N2CCCc1ccccc1. The number of hydrogen-bond acceptors (Lipinski definition) is 4. The molecule has 1 saturated heterocycles. The van der Waals surface area contributed by atoms with E-state index >= 15 is 0 Å². The summed E-state index contributed by atoms with van der Waals surface area (Å²) < 4.78 is 0. The molecule has 6 nitrogen and oxygen atoms in total. The molecule has 3 aliphatic rings. The molecule has 3 heterocycles. The molecular formula is C27H34N4O2. The van der Waals surface area contributed by atoms with Gasteiger partial charge in [0, 0.05) is 36.7 Å². The summed E-state index contributed by atoms with van der Waals surface area (Å²) in [5, 5.41) is 0. The van der Waals surface area contributed by atoms with E-state index in [1.165, 1.54) is 5.56 Å². The predicted molar refractivity (Wildman–Crippen MR) is 128 cm³/mol. The number of fused-ring (bicyclic) bond motifs is 1. The molecular weight excluding hydrogens is 412 g/mol. The molecule has 33 heavy (non-hydrogen) atoms. The van der Waals surface area contributed by atoms with Crippen molar-refractivity contribution in [1.29, 1.82) is 0 Å². The van der Waals surface area contributed by atoms with Crippen LogP contribution in [0.15, 0.2) is 30.3 Å². The lowest BCUT2D eigenvalue weighted by molar-refractivity contribution is -0.136. The third-order valence-corrected chi connectivity index (χ3v) is 7.58. The van der Waals surface area contributed by atoms with E-state index in [2.05, 4.69) is 24.3 Å². The standard InChI is InChI=1S/C27H34N4O2/c1-19-22-15-16-24(32)31(18-7-11-20-9-3-2-4-10-20)26(22)29-25(28-19)23-14-8-17-30(23)27(33)21-12-5-6-13-21/h2-4,9-10,21,23H,5-8,11-18H2,1H3/t23-/m1/s1. The van der Waals surface area contributed by atoms with Gasteiger partial charge in [0.2, 0.25) is 11.8 Å². The fraction of sp³-hybridized carbons (Fsp3) is 0.556. The topological polar surface area (TPSA) is 66.4 Å². The molecule has 1 aliphatic carbocycles. The van der Waals surface area contributed by atoms with Gasteiger partial charge in [-0.15, -0.1) is 0 Å². The van der Waals surface area contributed by atoms with Gasteiger partial charge in [0.05, 0.1) is 6.04 Å². The number of carbonyl (C=O) groups excluding carboxylic acids is 2. The highest BCUT2D eigenvalue weighted by atomic mass is 16.2. The number of amides is 2. The Bertz CT molecular complexity index is 1020. The first-order valence-electron chi connectivity index (χ1n) is 12.6. The highest BCUT2D eigenvalue weighted by molar-refractivity contribution is 5.95. The highest BCUT2D eigenvalue weighted by Crippen LogP contribution is 2.37. The van der Waals surface area contributed by atoms with Crippen molar-refractivity contribution in [3.63, 3.8) is 0 Å². The summed E-state index contributed by atoms with van der Waals surface area (Å²) in [6.45, 7) is 3.48. The molecule has 0 spiro atoms. The third kappa shape index (κ3) is 4.53. The van der Waals surface area contributed by atoms with E-state index in [1.807, 2.05) is 22.8 Å². The predicted octanol–water partition coefficient (Wildman–Crippen LogP) is 4.55. The van der Waals surface area contributed by atoms with Gasteiger partial charge in [-0.2, -0.15) is 0 Å². The highest BCUT2D eigenvalue weighted by Gasteiger charge is 2.38. The smallest absolute Gasteiger partial charge is 0.228 e. The van der Waals surface area contributed by atoms with E-state index in [-0.39, 0.29) is 23.8 Å². The van der Waals surface area contributed by atoms with Gasteiger partial charge >= 0.3 is 0 Å². The van der Waals surface area contributed by atoms with Crippen LogP contribution in [0, 0.1) is 12.8 Å². The van der Waals surface area contributed by atoms with Crippen molar-refractivity contribution in [2.45, 2.75) is 77.2 Å². The van der Waals surface area contributed by atoms with Gasteiger partial charge in [0.1, 0.15) is 5.82 Å². The van der Waals surface area contributed by atoms with E-state index < -0.39 is 0 Å². The van der Waals surface area contributed by atoms with Crippen molar-refractivity contribution in [2.24, 2.45) is 5.92 Å². The summed E-state index contributed by atoms with van der Waals surface area (Å²) in [5.41, 5.74) is 3.33. The molecule has 2 aromatic rings. The maximum atomic E-state index is 13.2. The van der Waals surface area contributed by atoms with Crippen LogP contribution in [0.25, 0.3) is 0 Å². The normalized spacial score (nSPS) is 21.0. The molecule has 0 N–H and O–H groups in total. The second-order valence-corrected chi connectivity index (χ2v) is 9.77. The third-order valence-electron chi connectivity index (χ3n) is 7.58. The van der Waals surface area contributed by atoms with Crippen LogP contribution in [0.4, 0.5) is 5.82 Å². The molecule has 174 valence electrons. The van der Waals surface area contributed by atoms with E-state index in [0.717, 1.165) is 80.8 Å². The number of aryl methyl sites for hydroxylation is 2. The minimum Gasteiger partial charge on any atom is -0.332 e. The molecule has 1 aromatic carbocycles. The zero-order valence-corrected chi connectivity index (χ0v) is 19.6. The zero-order chi connectivity index (χ0) is 22.8. The molecule has 2 amide bonds. The number of rotatable bonds is 6. The molecule has 0 unspecified atom stereocenters. The lowest BCUT2D eigenvalue weighted by Crippen LogP contribution is -2.39. The van der Waals surface area contributed by atoms with E-state index in [0.29, 0.717) is 19.4 Å². The van der Waals surface area contributed by atoms with E-state index in [1.54, 1.807) is 0 Å². The first kappa shape index (κ1) is 22.1. The molecule has 2 aliphatic heterocycles. The van der Waals surface area contributed by atoms with E-state index in [9.17, 15) is 9.59 Å². The summed E-state index contributed by atoms with van der Waals surface area (Å²) in [4.78, 5) is 39.8. The lowest BCUT2D eigenvalue weighted by Gasteiger charge is -2.31. The van der Waals surface area contributed by atoms with E-state index in [4.69, 9.17) is 9.97 Å². The Kier molecular flexibility index (Phi) is 6.43. The largest absolute Gasteiger partial charge is 0.332 e. The first-order valence-corrected chi connectivity index (χ1v) is 12.6. The van der Waals surface area contributed by atoms with Crippen molar-refractivity contribution in [3.8, 4) is 0 Å². The number of benzene rings is 1. The Balaban J connectivity index is 1.37. The number of aromatic nitrogens is 2. The number of anilines is 1. The first-order chi connectivity index (χ1) is 16.1. The molecule has 1 aromatic heterocycles. The summed E-state index contributed by atoms with van der Waals surface area (Å²) in [6, 6.07) is 10.3. The van der Waals surface area contributed by atoms with Gasteiger partial charge in [-0.3, -0.25) is 14.5 Å². The van der Waals surface area contributed by atoms with Crippen molar-refractivity contribution < 1.29 is 9.59 Å². The minimum absolute atomic E-state index is 0.0645. The second kappa shape index (κ2) is 9.62. The van der Waals surface area contributed by atoms with Crippen LogP contribution >= 0.6 is 0 Å². The molecule has 1 atom stereocenters. The fourth-order valence-electron chi connectivity index (χ4n) is 5.77. The van der Waals surface area contributed by atoms with Crippen molar-refractivity contribution in [1.82, 2.24) is 14.9 Å². The van der Waals surface area contributed by atoms with Crippen molar-refractivity contribution in [2.75, 3.05) is 18.0 Å². The van der Waals surface area contributed by atoms with Crippen LogP contribution in [0.3, 0.4) is 0 Å². The molecule has 0 bridgehead atoms. The Hall–Kier alpha value is -2.76. The summed E-state index contributed by atoms with van der Waals surface area (Å²) in [5.74, 6) is 2.09. The number of nitrogens with zero attached hydrogens (tertiary/aromatic N) is 4. The van der Waals surface area contributed by atoms with Crippen LogP contribution < -0.4 is 4.90 Å². The molecule has 0 radical (unpaired) electrons. The van der Waals surface area contributed by atoms with Gasteiger partial charge in [-0.1, -0.05) is 43.2 Å². The van der Waals surface area contributed by atoms with Gasteiger partial charge in [0.25, 0.3) is 0 Å². The van der Waals surface area contributed by atoms with Crippen LogP contribution in [-0.2, 0) is 22.4 Å². The molecule has 5 rings (SSSR count). The van der Waals surface area contributed by atoms with Gasteiger partial charge in [0.15, 0.2) is 5.82 Å². The average Bonchev–Trinajstić information content (AvgIpc) is 3.53. The van der Waals surface area contributed by atoms with Crippen LogP contribution in [-0.4, -0.2) is 39.8 Å². The minimum atomic E-state index is -0.0645. The Labute approximate surface area is 196 Å². The quantitative estimate of drug-likeness (QED) is 0.653. The monoisotopic (exact) mass is 446 g/mol. The number of hydrogen-bond donors (Lipinski definition) is 0. The van der Waals surface area contributed by atoms with Gasteiger partial charge in [-0.05, 0) is 57.4 Å². The van der Waals surface area contributed by atoms with Crippen LogP contribution in [0.2, 0.25) is 0 Å². The summed E-state index contributed by atoms with van der Waals surface area (Å²) >= 11 is 0. The number of likely N-dealkylation sites (tertiary alicyclic amines) is 1. The maximum absolute atomic E-state index is 13.2. The Morgan fingerprint density at radius 3 is 2.61 bits per heavy atom. The van der Waals surface area contributed by atoms with Crippen LogP contribution in [0.5, 0.6) is 0 Å². The maximum Gasteiger partial charge on any atom is 0.228 e. The summed E-state index contributed by atoms with van der Waals surface area (Å²) in [6.07, 6.45) is 9.26. The summed E-state index contributed by atoms with van der Waals surface area (Å²) in [7, 11) is 0. The fourth-order valence-corrected chi connectivity index (χ4v) is 5.77. The van der Waals surface area contributed by atoms with Gasteiger partial charge in [-0.25, -0.2) is 9.97 Å². The van der Waals surface area contributed by atoms with Gasteiger partial charge < -0.3 is 4.90 Å². The van der Waals surface area contributed by atoms with Crippen molar-refractivity contribution >= 4 is 17.6 Å². The number of carbonyl (C=O) groups is 2.